The zero-order valence-electron chi connectivity index (χ0n) is 11.5. The molecular weight excluding hydrogens is 302 g/mol. The van der Waals surface area contributed by atoms with Gasteiger partial charge in [-0.25, -0.2) is 0 Å². The van der Waals surface area contributed by atoms with Crippen molar-refractivity contribution in [3.05, 3.63) is 27.7 Å². The van der Waals surface area contributed by atoms with Gasteiger partial charge in [-0.15, -0.1) is 0 Å². The average Bonchev–Trinajstić information content (AvgIpc) is 2.98. The lowest BCUT2D eigenvalue weighted by atomic mass is 9.78. The molecule has 1 aliphatic heterocycles. The number of nitrogens with two attached hydrogens (primary N) is 1. The third kappa shape index (κ3) is 2.55. The molecule has 1 aromatic carbocycles. The van der Waals surface area contributed by atoms with Crippen molar-refractivity contribution in [3.63, 3.8) is 0 Å². The molecule has 3 rings (SSSR count). The molecule has 1 saturated carbocycles. The fraction of sp³-hybridized carbons (Fsp3) is 0.625. The summed E-state index contributed by atoms with van der Waals surface area (Å²) in [6.07, 6.45) is 7.15. The molecule has 2 nitrogen and oxygen atoms in total. The van der Waals surface area contributed by atoms with E-state index < -0.39 is 0 Å². The smallest absolute Gasteiger partial charge is 0.125 e. The molecule has 2 aliphatic rings. The van der Waals surface area contributed by atoms with Gasteiger partial charge >= 0.3 is 0 Å². The van der Waals surface area contributed by atoms with Gasteiger partial charge in [-0.3, -0.25) is 0 Å². The summed E-state index contributed by atoms with van der Waals surface area (Å²) in [5.41, 5.74) is 9.44. The van der Waals surface area contributed by atoms with Gasteiger partial charge in [-0.2, -0.15) is 0 Å². The standard InChI is InChI=1S/C16H22BrNO/c1-16(5-2-3-6-16)14(18)10-12-9-13(17)8-11-4-7-19-15(11)12/h8-9,14H,2-7,10,18H2,1H3. The average molecular weight is 324 g/mol. The third-order valence-electron chi connectivity index (χ3n) is 4.91. The zero-order chi connectivity index (χ0) is 13.5. The second kappa shape index (κ2) is 5.10. The second-order valence-electron chi connectivity index (χ2n) is 6.32. The Balaban J connectivity index is 1.83. The predicted octanol–water partition coefficient (Wildman–Crippen LogP) is 3.83. The van der Waals surface area contributed by atoms with Gasteiger partial charge in [-0.1, -0.05) is 35.7 Å². The number of benzene rings is 1. The van der Waals surface area contributed by atoms with Gasteiger partial charge in [0, 0.05) is 16.9 Å². The molecule has 0 amide bonds. The van der Waals surface area contributed by atoms with E-state index in [-0.39, 0.29) is 6.04 Å². The lowest BCUT2D eigenvalue weighted by molar-refractivity contribution is 0.258. The molecule has 0 bridgehead atoms. The normalized spacial score (nSPS) is 22.1. The van der Waals surface area contributed by atoms with Crippen LogP contribution in [-0.4, -0.2) is 12.6 Å². The van der Waals surface area contributed by atoms with Crippen LogP contribution in [0.1, 0.15) is 43.7 Å². The highest BCUT2D eigenvalue weighted by atomic mass is 79.9. The van der Waals surface area contributed by atoms with Crippen LogP contribution in [0.25, 0.3) is 0 Å². The van der Waals surface area contributed by atoms with Crippen molar-refractivity contribution in [2.45, 2.75) is 51.5 Å². The Bertz CT molecular complexity index is 480. The van der Waals surface area contributed by atoms with Gasteiger partial charge in [0.25, 0.3) is 0 Å². The van der Waals surface area contributed by atoms with Gasteiger partial charge in [-0.05, 0) is 47.9 Å². The molecule has 0 saturated heterocycles. The van der Waals surface area contributed by atoms with E-state index in [0.29, 0.717) is 5.41 Å². The van der Waals surface area contributed by atoms with Crippen molar-refractivity contribution in [2.75, 3.05) is 6.61 Å². The minimum absolute atomic E-state index is 0.234. The van der Waals surface area contributed by atoms with E-state index in [4.69, 9.17) is 10.5 Å². The van der Waals surface area contributed by atoms with Crippen molar-refractivity contribution in [2.24, 2.45) is 11.1 Å². The maximum absolute atomic E-state index is 6.52. The predicted molar refractivity (Wildman–Crippen MR) is 81.6 cm³/mol. The lowest BCUT2D eigenvalue weighted by Crippen LogP contribution is -2.39. The summed E-state index contributed by atoms with van der Waals surface area (Å²) < 4.78 is 6.95. The van der Waals surface area contributed by atoms with Gasteiger partial charge in [0.1, 0.15) is 5.75 Å². The summed E-state index contributed by atoms with van der Waals surface area (Å²) in [7, 11) is 0. The van der Waals surface area contributed by atoms with E-state index in [1.165, 1.54) is 36.8 Å². The van der Waals surface area contributed by atoms with Gasteiger partial charge < -0.3 is 10.5 Å². The number of fused-ring (bicyclic) bond motifs is 1. The molecule has 1 aliphatic carbocycles. The molecular formula is C16H22BrNO. The largest absolute Gasteiger partial charge is 0.493 e. The summed E-state index contributed by atoms with van der Waals surface area (Å²) in [6.45, 7) is 3.16. The molecule has 1 heterocycles. The van der Waals surface area contributed by atoms with E-state index in [9.17, 15) is 0 Å². The van der Waals surface area contributed by atoms with Crippen LogP contribution in [0, 0.1) is 5.41 Å². The maximum atomic E-state index is 6.52. The number of ether oxygens (including phenoxy) is 1. The highest BCUT2D eigenvalue weighted by molar-refractivity contribution is 9.10. The van der Waals surface area contributed by atoms with Crippen LogP contribution in [0.2, 0.25) is 0 Å². The first-order valence-electron chi connectivity index (χ1n) is 7.28. The summed E-state index contributed by atoms with van der Waals surface area (Å²) >= 11 is 3.61. The Kier molecular flexibility index (Phi) is 3.61. The molecule has 3 heteroatoms. The van der Waals surface area contributed by atoms with Crippen LogP contribution in [-0.2, 0) is 12.8 Å². The topological polar surface area (TPSA) is 35.2 Å². The summed E-state index contributed by atoms with van der Waals surface area (Å²) in [6, 6.07) is 4.59. The van der Waals surface area contributed by atoms with Crippen LogP contribution in [0.4, 0.5) is 0 Å². The van der Waals surface area contributed by atoms with E-state index in [2.05, 4.69) is 35.0 Å². The third-order valence-corrected chi connectivity index (χ3v) is 5.36. The Morgan fingerprint density at radius 2 is 2.11 bits per heavy atom. The van der Waals surface area contributed by atoms with Gasteiger partial charge in [0.2, 0.25) is 0 Å². The molecule has 0 aromatic heterocycles. The minimum Gasteiger partial charge on any atom is -0.493 e. The van der Waals surface area contributed by atoms with Crippen LogP contribution in [0.3, 0.4) is 0 Å². The monoisotopic (exact) mass is 323 g/mol. The van der Waals surface area contributed by atoms with Crippen LogP contribution in [0.15, 0.2) is 16.6 Å². The highest BCUT2D eigenvalue weighted by Gasteiger charge is 2.35. The van der Waals surface area contributed by atoms with Crippen molar-refractivity contribution in [3.8, 4) is 5.75 Å². The molecule has 1 unspecified atom stereocenters. The summed E-state index contributed by atoms with van der Waals surface area (Å²) in [5, 5.41) is 0. The van der Waals surface area contributed by atoms with Gasteiger partial charge in [0.05, 0.1) is 6.61 Å². The number of halogens is 1. The number of hydrogen-bond acceptors (Lipinski definition) is 2. The fourth-order valence-corrected chi connectivity index (χ4v) is 4.09. The first-order valence-corrected chi connectivity index (χ1v) is 8.07. The fourth-order valence-electron chi connectivity index (χ4n) is 3.53. The number of hydrogen-bond donors (Lipinski definition) is 1. The minimum atomic E-state index is 0.234. The maximum Gasteiger partial charge on any atom is 0.125 e. The lowest BCUT2D eigenvalue weighted by Gasteiger charge is -2.31. The molecule has 2 N–H and O–H groups in total. The van der Waals surface area contributed by atoms with Gasteiger partial charge in [0.15, 0.2) is 0 Å². The van der Waals surface area contributed by atoms with Crippen LogP contribution in [0.5, 0.6) is 5.75 Å². The molecule has 1 fully saturated rings. The Morgan fingerprint density at radius 3 is 2.84 bits per heavy atom. The Labute approximate surface area is 123 Å². The highest BCUT2D eigenvalue weighted by Crippen LogP contribution is 2.42. The first kappa shape index (κ1) is 13.4. The molecule has 0 radical (unpaired) electrons. The van der Waals surface area contributed by atoms with Crippen LogP contribution < -0.4 is 10.5 Å². The van der Waals surface area contributed by atoms with Crippen LogP contribution >= 0.6 is 15.9 Å². The number of rotatable bonds is 3. The summed E-state index contributed by atoms with van der Waals surface area (Å²) in [5.74, 6) is 1.10. The Morgan fingerprint density at radius 1 is 1.37 bits per heavy atom. The molecule has 1 atom stereocenters. The molecule has 104 valence electrons. The second-order valence-corrected chi connectivity index (χ2v) is 7.24. The zero-order valence-corrected chi connectivity index (χ0v) is 13.1. The molecule has 1 aromatic rings. The van der Waals surface area contributed by atoms with E-state index in [1.54, 1.807) is 0 Å². The first-order chi connectivity index (χ1) is 9.08. The summed E-state index contributed by atoms with van der Waals surface area (Å²) in [4.78, 5) is 0. The van der Waals surface area contributed by atoms with Crippen molar-refractivity contribution < 1.29 is 4.74 Å². The van der Waals surface area contributed by atoms with E-state index in [1.807, 2.05) is 0 Å². The van der Waals surface area contributed by atoms with E-state index >= 15 is 0 Å². The Hall–Kier alpha value is -0.540. The SMILES string of the molecule is CC1(C(N)Cc2cc(Br)cc3c2OCC3)CCCC1. The van der Waals surface area contributed by atoms with Crippen molar-refractivity contribution >= 4 is 15.9 Å². The van der Waals surface area contributed by atoms with Crippen molar-refractivity contribution in [1.29, 1.82) is 0 Å². The molecule has 0 spiro atoms. The quantitative estimate of drug-likeness (QED) is 0.917. The van der Waals surface area contributed by atoms with E-state index in [0.717, 1.165) is 29.7 Å². The molecule has 19 heavy (non-hydrogen) atoms. The van der Waals surface area contributed by atoms with Crippen molar-refractivity contribution in [1.82, 2.24) is 0 Å².